The summed E-state index contributed by atoms with van der Waals surface area (Å²) in [7, 11) is 3.38. The summed E-state index contributed by atoms with van der Waals surface area (Å²) in [5.41, 5.74) is 0. The normalized spacial score (nSPS) is 9.56. The van der Waals surface area contributed by atoms with Crippen molar-refractivity contribution in [1.82, 2.24) is 0 Å². The van der Waals surface area contributed by atoms with Crippen LogP contribution in [0.5, 0.6) is 0 Å². The fraction of sp³-hybridized carbons (Fsp3) is 0.750. The Balaban J connectivity index is 3.27. The number of rotatable bonds is 9. The predicted octanol–water partition coefficient (Wildman–Crippen LogP) is 3.75. The van der Waals surface area contributed by atoms with Gasteiger partial charge in [-0.2, -0.15) is 0 Å². The summed E-state index contributed by atoms with van der Waals surface area (Å²) in [5, 5.41) is 0. The molecule has 0 radical (unpaired) electrons. The number of methoxy groups -OCH3 is 2. The minimum Gasteiger partial charge on any atom is -0.356 e. The second-order valence-electron chi connectivity index (χ2n) is 4.16. The van der Waals surface area contributed by atoms with Gasteiger partial charge >= 0.3 is 0 Å². The van der Waals surface area contributed by atoms with Crippen molar-refractivity contribution in [3.63, 3.8) is 0 Å². The van der Waals surface area contributed by atoms with Gasteiger partial charge in [0, 0.05) is 27.1 Å². The zero-order valence-corrected chi connectivity index (χ0v) is 12.1. The molecule has 0 fully saturated rings. The highest BCUT2D eigenvalue weighted by atomic mass is 16.7. The van der Waals surface area contributed by atoms with E-state index in [1.165, 1.54) is 32.1 Å². The molecule has 0 aliphatic heterocycles. The molecule has 18 heavy (non-hydrogen) atoms. The molecule has 0 heterocycles. The molecule has 2 nitrogen and oxygen atoms in total. The standard InChI is InChI=1S/C16H26O2/c1-4-5-6-7-8-9-10-11-12-13-14-15-16(17-2)18-3/h16H,4,9-15H2,1-3H3. The van der Waals surface area contributed by atoms with Gasteiger partial charge < -0.3 is 9.47 Å². The summed E-state index contributed by atoms with van der Waals surface area (Å²) in [6, 6.07) is 0. The topological polar surface area (TPSA) is 18.5 Å². The molecule has 0 amide bonds. The lowest BCUT2D eigenvalue weighted by Gasteiger charge is -2.12. The van der Waals surface area contributed by atoms with Gasteiger partial charge in [-0.25, -0.2) is 0 Å². The van der Waals surface area contributed by atoms with E-state index in [9.17, 15) is 0 Å². The van der Waals surface area contributed by atoms with Crippen LogP contribution in [0.2, 0.25) is 0 Å². The van der Waals surface area contributed by atoms with Crippen LogP contribution in [0, 0.1) is 23.7 Å². The molecule has 102 valence electrons. The molecule has 0 spiro atoms. The van der Waals surface area contributed by atoms with Crippen molar-refractivity contribution in [3.8, 4) is 23.7 Å². The highest BCUT2D eigenvalue weighted by Crippen LogP contribution is 2.10. The van der Waals surface area contributed by atoms with Crippen LogP contribution >= 0.6 is 0 Å². The maximum Gasteiger partial charge on any atom is 0.156 e. The van der Waals surface area contributed by atoms with E-state index in [-0.39, 0.29) is 6.29 Å². The van der Waals surface area contributed by atoms with E-state index in [1.54, 1.807) is 14.2 Å². The van der Waals surface area contributed by atoms with Crippen LogP contribution in [-0.2, 0) is 9.47 Å². The van der Waals surface area contributed by atoms with Crippen LogP contribution < -0.4 is 0 Å². The van der Waals surface area contributed by atoms with Crippen molar-refractivity contribution in [2.75, 3.05) is 14.2 Å². The van der Waals surface area contributed by atoms with E-state index in [0.717, 1.165) is 19.3 Å². The maximum absolute atomic E-state index is 5.14. The van der Waals surface area contributed by atoms with E-state index in [4.69, 9.17) is 9.47 Å². The molecule has 0 N–H and O–H groups in total. The second-order valence-corrected chi connectivity index (χ2v) is 4.16. The first kappa shape index (κ1) is 17.0. The first-order valence-electron chi connectivity index (χ1n) is 6.86. The molecular weight excluding hydrogens is 224 g/mol. The Bertz CT molecular complexity index is 284. The summed E-state index contributed by atoms with van der Waals surface area (Å²) in [4.78, 5) is 0. The predicted molar refractivity (Wildman–Crippen MR) is 76.0 cm³/mol. The lowest BCUT2D eigenvalue weighted by atomic mass is 10.1. The van der Waals surface area contributed by atoms with E-state index in [0.29, 0.717) is 0 Å². The van der Waals surface area contributed by atoms with Gasteiger partial charge in [-0.3, -0.25) is 0 Å². The second kappa shape index (κ2) is 14.1. The minimum atomic E-state index is -0.0343. The minimum absolute atomic E-state index is 0.0343. The zero-order valence-electron chi connectivity index (χ0n) is 12.1. The van der Waals surface area contributed by atoms with Gasteiger partial charge in [0.1, 0.15) is 0 Å². The average Bonchev–Trinajstić information content (AvgIpc) is 2.40. The Labute approximate surface area is 112 Å². The van der Waals surface area contributed by atoms with Crippen LogP contribution in [0.3, 0.4) is 0 Å². The SMILES string of the molecule is CCC#CC#CCCCCCCCC(OC)OC. The summed E-state index contributed by atoms with van der Waals surface area (Å²) in [5.74, 6) is 11.7. The molecule has 0 aliphatic carbocycles. The monoisotopic (exact) mass is 250 g/mol. The number of unbranched alkanes of at least 4 members (excludes halogenated alkanes) is 5. The molecule has 0 saturated heterocycles. The Kier molecular flexibility index (Phi) is 13.4. The summed E-state index contributed by atoms with van der Waals surface area (Å²) in [6.45, 7) is 2.03. The third-order valence-corrected chi connectivity index (χ3v) is 2.68. The Hall–Kier alpha value is -0.960. The fourth-order valence-corrected chi connectivity index (χ4v) is 1.63. The smallest absolute Gasteiger partial charge is 0.156 e. The van der Waals surface area contributed by atoms with Gasteiger partial charge in [-0.15, -0.1) is 0 Å². The Morgan fingerprint density at radius 2 is 1.44 bits per heavy atom. The molecule has 0 saturated carbocycles. The Morgan fingerprint density at radius 3 is 2.11 bits per heavy atom. The van der Waals surface area contributed by atoms with Gasteiger partial charge in [0.2, 0.25) is 0 Å². The quantitative estimate of drug-likeness (QED) is 0.352. The van der Waals surface area contributed by atoms with E-state index in [1.807, 2.05) is 6.92 Å². The lowest BCUT2D eigenvalue weighted by molar-refractivity contribution is -0.107. The van der Waals surface area contributed by atoms with Crippen LogP contribution in [0.4, 0.5) is 0 Å². The molecule has 0 rings (SSSR count). The largest absolute Gasteiger partial charge is 0.356 e. The summed E-state index contributed by atoms with van der Waals surface area (Å²) < 4.78 is 10.3. The lowest BCUT2D eigenvalue weighted by Crippen LogP contribution is -2.12. The molecule has 2 heteroatoms. The molecule has 0 bridgehead atoms. The van der Waals surface area contributed by atoms with Crippen molar-refractivity contribution in [2.45, 2.75) is 64.6 Å². The number of ether oxygens (including phenoxy) is 2. The molecule has 0 aliphatic rings. The van der Waals surface area contributed by atoms with Gasteiger partial charge in [-0.1, -0.05) is 38.0 Å². The fourth-order valence-electron chi connectivity index (χ4n) is 1.63. The van der Waals surface area contributed by atoms with Gasteiger partial charge in [-0.05, 0) is 31.1 Å². The van der Waals surface area contributed by atoms with Crippen molar-refractivity contribution < 1.29 is 9.47 Å². The first-order chi connectivity index (χ1) is 8.85. The van der Waals surface area contributed by atoms with Crippen LogP contribution in [-0.4, -0.2) is 20.5 Å². The molecule has 0 aromatic rings. The van der Waals surface area contributed by atoms with Crippen LogP contribution in [0.1, 0.15) is 58.3 Å². The highest BCUT2D eigenvalue weighted by Gasteiger charge is 2.03. The van der Waals surface area contributed by atoms with E-state index >= 15 is 0 Å². The molecular formula is C16H26O2. The summed E-state index contributed by atoms with van der Waals surface area (Å²) >= 11 is 0. The van der Waals surface area contributed by atoms with Crippen LogP contribution in [0.25, 0.3) is 0 Å². The number of hydrogen-bond donors (Lipinski definition) is 0. The van der Waals surface area contributed by atoms with Crippen molar-refractivity contribution in [3.05, 3.63) is 0 Å². The van der Waals surface area contributed by atoms with Crippen molar-refractivity contribution in [2.24, 2.45) is 0 Å². The third kappa shape index (κ3) is 11.5. The highest BCUT2D eigenvalue weighted by molar-refractivity contribution is 5.25. The zero-order chi connectivity index (χ0) is 13.5. The van der Waals surface area contributed by atoms with Crippen molar-refractivity contribution in [1.29, 1.82) is 0 Å². The molecule has 0 atom stereocenters. The molecule has 0 aromatic heterocycles. The van der Waals surface area contributed by atoms with Crippen molar-refractivity contribution >= 4 is 0 Å². The number of hydrogen-bond acceptors (Lipinski definition) is 2. The van der Waals surface area contributed by atoms with E-state index < -0.39 is 0 Å². The average molecular weight is 250 g/mol. The van der Waals surface area contributed by atoms with Gasteiger partial charge in [0.25, 0.3) is 0 Å². The van der Waals surface area contributed by atoms with E-state index in [2.05, 4.69) is 23.7 Å². The summed E-state index contributed by atoms with van der Waals surface area (Å²) in [6.07, 6.45) is 8.91. The molecule has 0 aromatic carbocycles. The molecule has 0 unspecified atom stereocenters. The van der Waals surface area contributed by atoms with Crippen LogP contribution in [0.15, 0.2) is 0 Å². The maximum atomic E-state index is 5.14. The third-order valence-electron chi connectivity index (χ3n) is 2.68. The van der Waals surface area contributed by atoms with Gasteiger partial charge in [0.05, 0.1) is 0 Å². The Morgan fingerprint density at radius 1 is 0.833 bits per heavy atom. The first-order valence-corrected chi connectivity index (χ1v) is 6.86. The van der Waals surface area contributed by atoms with Gasteiger partial charge in [0.15, 0.2) is 6.29 Å².